The number of nitrogens with one attached hydrogen (secondary N) is 2. The number of hydrogen-bond acceptors (Lipinski definition) is 4. The fourth-order valence-electron chi connectivity index (χ4n) is 5.88. The van der Waals surface area contributed by atoms with Crippen LogP contribution in [0.4, 0.5) is 14.5 Å². The third kappa shape index (κ3) is 5.67. The molecular weight excluding hydrogens is 555 g/mol. The Morgan fingerprint density at radius 1 is 1.15 bits per heavy atom. The van der Waals surface area contributed by atoms with Crippen molar-refractivity contribution < 1.29 is 18.7 Å². The number of nitriles is 1. The molecule has 3 aromatic rings. The number of aromatic carboxylic acids is 1. The summed E-state index contributed by atoms with van der Waals surface area (Å²) in [7, 11) is 0. The maximum absolute atomic E-state index is 15.7. The van der Waals surface area contributed by atoms with Crippen LogP contribution in [0.1, 0.15) is 60.2 Å². The number of aryl methyl sites for hydroxylation is 1. The van der Waals surface area contributed by atoms with Crippen LogP contribution < -0.4 is 10.6 Å². The summed E-state index contributed by atoms with van der Waals surface area (Å²) >= 11 is 12.3. The van der Waals surface area contributed by atoms with Crippen molar-refractivity contribution in [1.29, 1.82) is 5.26 Å². The minimum Gasteiger partial charge on any atom is -0.478 e. The van der Waals surface area contributed by atoms with Crippen LogP contribution in [-0.2, 0) is 5.41 Å². The summed E-state index contributed by atoms with van der Waals surface area (Å²) in [5.41, 5.74) is -0.0000392. The molecular formula is C31H31Cl2F2N3O2. The van der Waals surface area contributed by atoms with Gasteiger partial charge in [-0.1, -0.05) is 62.2 Å². The van der Waals surface area contributed by atoms with Crippen LogP contribution in [0.2, 0.25) is 10.0 Å². The second kappa shape index (κ2) is 11.4. The van der Waals surface area contributed by atoms with Gasteiger partial charge < -0.3 is 15.7 Å². The summed E-state index contributed by atoms with van der Waals surface area (Å²) < 4.78 is 31.4. The summed E-state index contributed by atoms with van der Waals surface area (Å²) in [6, 6.07) is 15.1. The van der Waals surface area contributed by atoms with Crippen molar-refractivity contribution in [3.05, 3.63) is 98.5 Å². The average molecular weight is 587 g/mol. The first-order valence-electron chi connectivity index (χ1n) is 12.9. The van der Waals surface area contributed by atoms with Gasteiger partial charge in [-0.3, -0.25) is 0 Å². The molecule has 0 spiro atoms. The van der Waals surface area contributed by atoms with Crippen LogP contribution in [-0.4, -0.2) is 29.7 Å². The van der Waals surface area contributed by atoms with Crippen molar-refractivity contribution in [2.75, 3.05) is 11.9 Å². The number of carboxylic acid groups (broad SMARTS) is 1. The van der Waals surface area contributed by atoms with E-state index in [4.69, 9.17) is 23.2 Å². The monoisotopic (exact) mass is 585 g/mol. The molecule has 0 bridgehead atoms. The summed E-state index contributed by atoms with van der Waals surface area (Å²) in [4.78, 5) is 11.5. The molecule has 1 saturated heterocycles. The lowest BCUT2D eigenvalue weighted by molar-refractivity contribution is 0.0696. The average Bonchev–Trinajstić information content (AvgIpc) is 3.16. The molecule has 3 N–H and O–H groups in total. The Morgan fingerprint density at radius 3 is 2.48 bits per heavy atom. The zero-order valence-corrected chi connectivity index (χ0v) is 24.2. The molecule has 210 valence electrons. The second-order valence-electron chi connectivity index (χ2n) is 11.5. The summed E-state index contributed by atoms with van der Waals surface area (Å²) in [5, 5.41) is 27.3. The van der Waals surface area contributed by atoms with Gasteiger partial charge >= 0.3 is 5.97 Å². The van der Waals surface area contributed by atoms with Crippen LogP contribution in [0.5, 0.6) is 0 Å². The Balaban J connectivity index is 1.88. The maximum Gasteiger partial charge on any atom is 0.335 e. The first kappa shape index (κ1) is 29.8. The van der Waals surface area contributed by atoms with E-state index in [1.807, 2.05) is 20.8 Å². The second-order valence-corrected chi connectivity index (χ2v) is 12.4. The molecule has 40 heavy (non-hydrogen) atoms. The molecule has 0 aliphatic carbocycles. The summed E-state index contributed by atoms with van der Waals surface area (Å²) in [6.45, 7) is 8.03. The molecule has 3 aromatic carbocycles. The Morgan fingerprint density at radius 2 is 1.88 bits per heavy atom. The van der Waals surface area contributed by atoms with E-state index >= 15 is 8.78 Å². The number of nitrogens with zero attached hydrogens (tertiary/aromatic N) is 1. The molecule has 5 nitrogen and oxygen atoms in total. The SMILES string of the molecule is Cc1cc(NC[C@@H]2N[C@@H](CC(C)(C)C)[C@](C#N)(c3ccc(Cl)cc3F)[C@H]2c2cccc(Cl)c2F)ccc1C(=O)O. The molecule has 1 aliphatic rings. The molecule has 1 heterocycles. The predicted molar refractivity (Wildman–Crippen MR) is 154 cm³/mol. The number of rotatable bonds is 7. The van der Waals surface area contributed by atoms with Crippen molar-refractivity contribution in [2.24, 2.45) is 5.41 Å². The Bertz CT molecular complexity index is 1480. The zero-order valence-electron chi connectivity index (χ0n) is 22.7. The molecule has 4 atom stereocenters. The molecule has 1 fully saturated rings. The highest BCUT2D eigenvalue weighted by molar-refractivity contribution is 6.31. The largest absolute Gasteiger partial charge is 0.478 e. The number of hydrogen-bond donors (Lipinski definition) is 3. The highest BCUT2D eigenvalue weighted by Crippen LogP contribution is 2.52. The van der Waals surface area contributed by atoms with Gasteiger partial charge in [0, 0.05) is 40.8 Å². The molecule has 0 amide bonds. The lowest BCUT2D eigenvalue weighted by atomic mass is 9.62. The van der Waals surface area contributed by atoms with E-state index in [0.29, 0.717) is 17.7 Å². The van der Waals surface area contributed by atoms with Crippen molar-refractivity contribution >= 4 is 34.9 Å². The van der Waals surface area contributed by atoms with E-state index in [1.165, 1.54) is 30.3 Å². The van der Waals surface area contributed by atoms with Crippen molar-refractivity contribution in [3.8, 4) is 6.07 Å². The minimum atomic E-state index is -1.51. The van der Waals surface area contributed by atoms with Gasteiger partial charge in [0.15, 0.2) is 0 Å². The molecule has 9 heteroatoms. The van der Waals surface area contributed by atoms with Gasteiger partial charge in [0.05, 0.1) is 16.7 Å². The van der Waals surface area contributed by atoms with Crippen molar-refractivity contribution in [3.63, 3.8) is 0 Å². The Labute approximate surface area is 243 Å². The third-order valence-electron chi connectivity index (χ3n) is 7.54. The van der Waals surface area contributed by atoms with Gasteiger partial charge in [-0.05, 0) is 66.3 Å². The van der Waals surface area contributed by atoms with Gasteiger partial charge in [0.2, 0.25) is 0 Å². The van der Waals surface area contributed by atoms with Gasteiger partial charge in [0.1, 0.15) is 17.0 Å². The van der Waals surface area contributed by atoms with Gasteiger partial charge in [-0.25, -0.2) is 13.6 Å². The van der Waals surface area contributed by atoms with Crippen molar-refractivity contribution in [2.45, 2.75) is 57.5 Å². The highest BCUT2D eigenvalue weighted by Gasteiger charge is 2.59. The number of carbonyl (C=O) groups is 1. The lowest BCUT2D eigenvalue weighted by Crippen LogP contribution is -2.44. The first-order chi connectivity index (χ1) is 18.8. The number of halogens is 4. The third-order valence-corrected chi connectivity index (χ3v) is 8.06. The first-order valence-corrected chi connectivity index (χ1v) is 13.7. The summed E-state index contributed by atoms with van der Waals surface area (Å²) in [6.07, 6.45) is 0.490. The molecule has 0 radical (unpaired) electrons. The fraction of sp³-hybridized carbons (Fsp3) is 0.355. The van der Waals surface area contributed by atoms with E-state index in [0.717, 1.165) is 0 Å². The van der Waals surface area contributed by atoms with Crippen LogP contribution >= 0.6 is 23.2 Å². The summed E-state index contributed by atoms with van der Waals surface area (Å²) in [5.74, 6) is -3.17. The molecule has 0 aromatic heterocycles. The quantitative estimate of drug-likeness (QED) is 0.264. The number of benzene rings is 3. The van der Waals surface area contributed by atoms with Crippen LogP contribution in [0.3, 0.4) is 0 Å². The molecule has 4 rings (SSSR count). The van der Waals surface area contributed by atoms with E-state index in [-0.39, 0.29) is 38.7 Å². The number of carboxylic acids is 1. The van der Waals surface area contributed by atoms with E-state index in [2.05, 4.69) is 16.7 Å². The molecule has 1 aliphatic heterocycles. The van der Waals surface area contributed by atoms with Gasteiger partial charge in [-0.15, -0.1) is 0 Å². The normalized spacial score (nSPS) is 22.6. The molecule has 0 saturated carbocycles. The number of anilines is 1. The standard InChI is InChI=1S/C31H31Cl2F2N3O2/c1-17-12-19(9-10-20(17)29(39)40)37-15-25-27(21-6-5-7-23(33)28(21)35)31(16-36,26(38-25)14-30(2,3)4)22-11-8-18(32)13-24(22)34/h5-13,25-27,37-38H,14-15H2,1-4H3,(H,39,40)/t25-,26-,27-,31-/m0/s1. The van der Waals surface area contributed by atoms with E-state index in [1.54, 1.807) is 31.2 Å². The van der Waals surface area contributed by atoms with Crippen LogP contribution in [0, 0.1) is 35.3 Å². The lowest BCUT2D eigenvalue weighted by Gasteiger charge is -2.37. The minimum absolute atomic E-state index is 0.0909. The zero-order chi connectivity index (χ0) is 29.4. The maximum atomic E-state index is 15.7. The van der Waals surface area contributed by atoms with Gasteiger partial charge in [-0.2, -0.15) is 5.26 Å². The van der Waals surface area contributed by atoms with Gasteiger partial charge in [0.25, 0.3) is 0 Å². The Kier molecular flexibility index (Phi) is 8.46. The highest BCUT2D eigenvalue weighted by atomic mass is 35.5. The van der Waals surface area contributed by atoms with E-state index < -0.39 is 41.0 Å². The van der Waals surface area contributed by atoms with Crippen LogP contribution in [0.25, 0.3) is 0 Å². The fourth-order valence-corrected chi connectivity index (χ4v) is 6.22. The van der Waals surface area contributed by atoms with E-state index in [9.17, 15) is 15.2 Å². The predicted octanol–water partition coefficient (Wildman–Crippen LogP) is 7.71. The smallest absolute Gasteiger partial charge is 0.335 e. The topological polar surface area (TPSA) is 85.1 Å². The Hall–Kier alpha value is -3.18. The van der Waals surface area contributed by atoms with Crippen molar-refractivity contribution in [1.82, 2.24) is 5.32 Å². The molecule has 0 unspecified atom stereocenters. The van der Waals surface area contributed by atoms with Crippen LogP contribution in [0.15, 0.2) is 54.6 Å².